The van der Waals surface area contributed by atoms with E-state index in [1.807, 2.05) is 6.08 Å². The van der Waals surface area contributed by atoms with Crippen LogP contribution in [0.3, 0.4) is 0 Å². The summed E-state index contributed by atoms with van der Waals surface area (Å²) in [6.45, 7) is 13.7. The van der Waals surface area contributed by atoms with E-state index in [4.69, 9.17) is 0 Å². The maximum Gasteiger partial charge on any atom is 0.156 e. The Balaban J connectivity index is 1.77. The van der Waals surface area contributed by atoms with Crippen LogP contribution < -0.4 is 0 Å². The fraction of sp³-hybridized carbons (Fsp3) is 0.739. The van der Waals surface area contributed by atoms with Gasteiger partial charge in [0.25, 0.3) is 0 Å². The molecule has 0 aliphatic heterocycles. The molecule has 0 radical (unpaired) electrons. The number of fused-ring (bicyclic) bond motifs is 5. The largest absolute Gasteiger partial charge is 0.295 e. The number of ketones is 1. The van der Waals surface area contributed by atoms with Gasteiger partial charge >= 0.3 is 0 Å². The third-order valence-electron chi connectivity index (χ3n) is 9.33. The van der Waals surface area contributed by atoms with E-state index >= 15 is 0 Å². The summed E-state index contributed by atoms with van der Waals surface area (Å²) in [6.07, 6.45) is 8.11. The van der Waals surface area contributed by atoms with E-state index in [2.05, 4.69) is 40.3 Å². The molecule has 0 N–H and O–H groups in total. The highest BCUT2D eigenvalue weighted by atomic mass is 16.1. The fourth-order valence-electron chi connectivity index (χ4n) is 7.38. The van der Waals surface area contributed by atoms with Gasteiger partial charge in [0.2, 0.25) is 0 Å². The number of carbonyl (C=O) groups excluding carboxylic acids is 1. The van der Waals surface area contributed by atoms with E-state index in [1.165, 1.54) is 24.0 Å². The lowest BCUT2D eigenvalue weighted by Crippen LogP contribution is -2.52. The molecule has 4 aliphatic carbocycles. The second-order valence-corrected chi connectivity index (χ2v) is 10.0. The minimum absolute atomic E-state index is 0.115. The van der Waals surface area contributed by atoms with Crippen molar-refractivity contribution in [3.8, 4) is 6.07 Å². The van der Waals surface area contributed by atoms with Gasteiger partial charge in [-0.3, -0.25) is 4.79 Å². The molecule has 134 valence electrons. The van der Waals surface area contributed by atoms with E-state index in [0.717, 1.165) is 19.3 Å². The second kappa shape index (κ2) is 5.09. The number of rotatable bonds is 0. The highest BCUT2D eigenvalue weighted by Gasteiger charge is 2.65. The zero-order chi connectivity index (χ0) is 18.2. The zero-order valence-electron chi connectivity index (χ0n) is 16.2. The molecule has 3 saturated carbocycles. The summed E-state index contributed by atoms with van der Waals surface area (Å²) >= 11 is 0. The molecule has 0 aromatic carbocycles. The van der Waals surface area contributed by atoms with Gasteiger partial charge in [-0.25, -0.2) is 0 Å². The van der Waals surface area contributed by atoms with E-state index in [1.54, 1.807) is 0 Å². The van der Waals surface area contributed by atoms with Gasteiger partial charge in [0.1, 0.15) is 0 Å². The molecule has 7 atom stereocenters. The van der Waals surface area contributed by atoms with Gasteiger partial charge in [-0.1, -0.05) is 32.9 Å². The fourth-order valence-corrected chi connectivity index (χ4v) is 7.38. The molecular weight excluding hydrogens is 306 g/mol. The van der Waals surface area contributed by atoms with Crippen molar-refractivity contribution in [2.45, 2.75) is 66.2 Å². The molecule has 25 heavy (non-hydrogen) atoms. The van der Waals surface area contributed by atoms with Crippen LogP contribution in [0.25, 0.3) is 0 Å². The summed E-state index contributed by atoms with van der Waals surface area (Å²) in [6, 6.07) is 2.73. The van der Waals surface area contributed by atoms with Crippen LogP contribution in [0.1, 0.15) is 66.2 Å². The summed E-state index contributed by atoms with van der Waals surface area (Å²) in [5, 5.41) is 10.0. The predicted octanol–water partition coefficient (Wildman–Crippen LogP) is 5.46. The van der Waals surface area contributed by atoms with E-state index in [-0.39, 0.29) is 22.0 Å². The standard InChI is InChI=1S/C23H31NO/c1-14-10-17-18(21(3)8-6-16(25)12-19(14)21)7-9-22(4)20(17)11-15(2)23(22,5)13-24/h12,15,17-18,20H,1,6-11H2,2-5H3/t15?,17-,18+,20?,21?,22?,23+/m1/s1. The van der Waals surface area contributed by atoms with Crippen LogP contribution in [0.4, 0.5) is 0 Å². The van der Waals surface area contributed by atoms with Crippen molar-refractivity contribution >= 4 is 5.78 Å². The normalized spacial score (nSPS) is 51.9. The summed E-state index contributed by atoms with van der Waals surface area (Å²) < 4.78 is 0. The second-order valence-electron chi connectivity index (χ2n) is 10.0. The summed E-state index contributed by atoms with van der Waals surface area (Å²) in [4.78, 5) is 12.0. The van der Waals surface area contributed by atoms with Crippen LogP contribution in [0.5, 0.6) is 0 Å². The Labute approximate surface area is 152 Å². The van der Waals surface area contributed by atoms with Gasteiger partial charge < -0.3 is 0 Å². The van der Waals surface area contributed by atoms with Crippen molar-refractivity contribution < 1.29 is 4.79 Å². The van der Waals surface area contributed by atoms with Gasteiger partial charge in [0.15, 0.2) is 5.78 Å². The lowest BCUT2D eigenvalue weighted by molar-refractivity contribution is -0.117. The van der Waals surface area contributed by atoms with Crippen molar-refractivity contribution in [1.82, 2.24) is 0 Å². The maximum absolute atomic E-state index is 12.0. The van der Waals surface area contributed by atoms with Gasteiger partial charge in [-0.05, 0) is 85.2 Å². The van der Waals surface area contributed by atoms with Crippen molar-refractivity contribution in [2.75, 3.05) is 0 Å². The van der Waals surface area contributed by atoms with Crippen molar-refractivity contribution in [3.63, 3.8) is 0 Å². The Morgan fingerprint density at radius 3 is 2.64 bits per heavy atom. The lowest BCUT2D eigenvalue weighted by Gasteiger charge is -2.59. The summed E-state index contributed by atoms with van der Waals surface area (Å²) in [5.74, 6) is 2.61. The van der Waals surface area contributed by atoms with Crippen LogP contribution in [0, 0.1) is 51.2 Å². The summed E-state index contributed by atoms with van der Waals surface area (Å²) in [5.41, 5.74) is 2.46. The minimum Gasteiger partial charge on any atom is -0.295 e. The number of carbonyl (C=O) groups is 1. The molecule has 0 spiro atoms. The van der Waals surface area contributed by atoms with Crippen LogP contribution in [-0.4, -0.2) is 5.78 Å². The number of nitrogens with zero attached hydrogens (tertiary/aromatic N) is 1. The molecule has 4 unspecified atom stereocenters. The number of hydrogen-bond donors (Lipinski definition) is 0. The Bertz CT molecular complexity index is 727. The highest BCUT2D eigenvalue weighted by Crippen LogP contribution is 2.71. The predicted molar refractivity (Wildman–Crippen MR) is 99.5 cm³/mol. The molecule has 3 fully saturated rings. The third kappa shape index (κ3) is 1.93. The number of allylic oxidation sites excluding steroid dienone is 2. The lowest BCUT2D eigenvalue weighted by atomic mass is 9.45. The van der Waals surface area contributed by atoms with E-state index < -0.39 is 0 Å². The van der Waals surface area contributed by atoms with Gasteiger partial charge in [-0.15, -0.1) is 0 Å². The SMILES string of the molecule is C=C1C[C@H]2C3CC(C)[C@](C)(C#N)C3(C)CC[C@@H]2C2(C)CCC(=O)C=C12. The van der Waals surface area contributed by atoms with Gasteiger partial charge in [0.05, 0.1) is 11.5 Å². The topological polar surface area (TPSA) is 40.9 Å². The van der Waals surface area contributed by atoms with Crippen molar-refractivity contribution in [2.24, 2.45) is 39.9 Å². The van der Waals surface area contributed by atoms with Crippen LogP contribution in [-0.2, 0) is 4.79 Å². The number of hydrogen-bond acceptors (Lipinski definition) is 2. The third-order valence-corrected chi connectivity index (χ3v) is 9.33. The maximum atomic E-state index is 12.0. The molecule has 0 aromatic heterocycles. The molecule has 4 aliphatic rings. The Morgan fingerprint density at radius 1 is 1.24 bits per heavy atom. The van der Waals surface area contributed by atoms with Crippen LogP contribution in [0.2, 0.25) is 0 Å². The van der Waals surface area contributed by atoms with Crippen molar-refractivity contribution in [3.05, 3.63) is 23.8 Å². The summed E-state index contributed by atoms with van der Waals surface area (Å²) in [7, 11) is 0. The van der Waals surface area contributed by atoms with Gasteiger partial charge in [0, 0.05) is 6.42 Å². The molecular formula is C23H31NO. The van der Waals surface area contributed by atoms with E-state index in [0.29, 0.717) is 30.1 Å². The first-order valence-corrected chi connectivity index (χ1v) is 10.0. The molecule has 4 rings (SSSR count). The first-order valence-electron chi connectivity index (χ1n) is 10.0. The van der Waals surface area contributed by atoms with Crippen molar-refractivity contribution in [1.29, 1.82) is 5.26 Å². The first kappa shape index (κ1) is 17.1. The number of nitriles is 1. The van der Waals surface area contributed by atoms with Crippen LogP contribution >= 0.6 is 0 Å². The zero-order valence-corrected chi connectivity index (χ0v) is 16.2. The average molecular weight is 338 g/mol. The molecule has 0 heterocycles. The molecule has 0 saturated heterocycles. The van der Waals surface area contributed by atoms with E-state index in [9.17, 15) is 10.1 Å². The first-order chi connectivity index (χ1) is 11.7. The molecule has 0 bridgehead atoms. The molecule has 2 heteroatoms. The molecule has 0 aromatic rings. The molecule has 0 amide bonds. The Hall–Kier alpha value is -1.36. The smallest absolute Gasteiger partial charge is 0.156 e. The monoisotopic (exact) mass is 337 g/mol. The molecule has 2 nitrogen and oxygen atoms in total. The van der Waals surface area contributed by atoms with Gasteiger partial charge in [-0.2, -0.15) is 5.26 Å². The quantitative estimate of drug-likeness (QED) is 0.589. The highest BCUT2D eigenvalue weighted by molar-refractivity contribution is 5.92. The average Bonchev–Trinajstić information content (AvgIpc) is 2.78. The van der Waals surface area contributed by atoms with Crippen LogP contribution in [0.15, 0.2) is 23.8 Å². The minimum atomic E-state index is -0.219. The Morgan fingerprint density at radius 2 is 1.96 bits per heavy atom. The Kier molecular flexibility index (Phi) is 3.48.